The fraction of sp³-hybridized carbons (Fsp3) is 0.333. The first kappa shape index (κ1) is 12.4. The van der Waals surface area contributed by atoms with E-state index in [2.05, 4.69) is 0 Å². The van der Waals surface area contributed by atoms with Gasteiger partial charge in [-0.3, -0.25) is 9.69 Å². The Labute approximate surface area is 104 Å². The van der Waals surface area contributed by atoms with Crippen LogP contribution in [-0.4, -0.2) is 43.3 Å². The van der Waals surface area contributed by atoms with Gasteiger partial charge in [-0.2, -0.15) is 0 Å². The van der Waals surface area contributed by atoms with Crippen LogP contribution in [-0.2, 0) is 14.3 Å². The van der Waals surface area contributed by atoms with Crippen LogP contribution < -0.4 is 9.64 Å². The number of aliphatic carboxylic acids is 1. The highest BCUT2D eigenvalue weighted by molar-refractivity contribution is 6.12. The van der Waals surface area contributed by atoms with Crippen molar-refractivity contribution in [1.82, 2.24) is 0 Å². The van der Waals surface area contributed by atoms with Crippen LogP contribution >= 0.6 is 0 Å². The van der Waals surface area contributed by atoms with E-state index in [0.29, 0.717) is 11.4 Å². The first-order chi connectivity index (χ1) is 8.61. The third-order valence-electron chi connectivity index (χ3n) is 2.90. The summed E-state index contributed by atoms with van der Waals surface area (Å²) < 4.78 is 10.0. The Kier molecular flexibility index (Phi) is 3.20. The smallest absolute Gasteiger partial charge is 0.330 e. The number of rotatable bonds is 4. The largest absolute Gasteiger partial charge is 0.495 e. The van der Waals surface area contributed by atoms with Crippen molar-refractivity contribution >= 4 is 17.6 Å². The minimum absolute atomic E-state index is 0.380. The highest BCUT2D eigenvalue weighted by atomic mass is 16.5. The monoisotopic (exact) mass is 251 g/mol. The number of para-hydroxylation sites is 2. The van der Waals surface area contributed by atoms with Gasteiger partial charge >= 0.3 is 5.97 Å². The number of carboxylic acids is 1. The van der Waals surface area contributed by atoms with Crippen LogP contribution in [0.15, 0.2) is 24.3 Å². The Morgan fingerprint density at radius 3 is 2.56 bits per heavy atom. The maximum Gasteiger partial charge on any atom is 0.330 e. The predicted molar refractivity (Wildman–Crippen MR) is 62.7 cm³/mol. The number of hydrogen-bond acceptors (Lipinski definition) is 4. The molecule has 2 atom stereocenters. The van der Waals surface area contributed by atoms with Crippen molar-refractivity contribution in [2.45, 2.75) is 12.1 Å². The summed E-state index contributed by atoms with van der Waals surface area (Å²) in [5.74, 6) is -1.03. The Balaban J connectivity index is 2.38. The molecule has 1 N–H and O–H groups in total. The van der Waals surface area contributed by atoms with E-state index in [1.807, 2.05) is 0 Å². The second kappa shape index (κ2) is 4.66. The molecule has 1 aliphatic heterocycles. The molecule has 1 aliphatic rings. The topological polar surface area (TPSA) is 76.1 Å². The third kappa shape index (κ3) is 1.70. The van der Waals surface area contributed by atoms with Gasteiger partial charge in [-0.05, 0) is 12.1 Å². The van der Waals surface area contributed by atoms with Gasteiger partial charge in [0.1, 0.15) is 5.75 Å². The number of amides is 1. The number of anilines is 1. The van der Waals surface area contributed by atoms with Crippen molar-refractivity contribution < 1.29 is 24.2 Å². The molecule has 0 radical (unpaired) electrons. The number of benzene rings is 1. The predicted octanol–water partition coefficient (Wildman–Crippen LogP) is 0.510. The molecule has 1 heterocycles. The highest BCUT2D eigenvalue weighted by Crippen LogP contribution is 2.36. The number of ether oxygens (including phenoxy) is 2. The molecule has 18 heavy (non-hydrogen) atoms. The van der Waals surface area contributed by atoms with E-state index in [1.54, 1.807) is 24.3 Å². The lowest BCUT2D eigenvalue weighted by Crippen LogP contribution is -2.69. The molecule has 1 aromatic carbocycles. The summed E-state index contributed by atoms with van der Waals surface area (Å²) in [5, 5.41) is 9.13. The van der Waals surface area contributed by atoms with E-state index in [0.717, 1.165) is 0 Å². The fourth-order valence-electron chi connectivity index (χ4n) is 2.03. The molecule has 0 spiro atoms. The van der Waals surface area contributed by atoms with Crippen LogP contribution in [0.5, 0.6) is 5.75 Å². The molecule has 6 nitrogen and oxygen atoms in total. The van der Waals surface area contributed by atoms with Crippen molar-refractivity contribution in [3.63, 3.8) is 0 Å². The van der Waals surface area contributed by atoms with E-state index < -0.39 is 18.1 Å². The normalized spacial score (nSPS) is 22.6. The molecule has 1 aromatic rings. The van der Waals surface area contributed by atoms with Crippen molar-refractivity contribution in [2.75, 3.05) is 19.1 Å². The molecule has 2 rings (SSSR count). The Morgan fingerprint density at radius 2 is 2.00 bits per heavy atom. The standard InChI is InChI=1S/C12H13NO5/c1-17-8-6-4-3-5-7(8)13-9(12(15)16)10(18-2)11(13)14/h3-6,9-10H,1-2H3,(H,15,16)/t9-,10+/m0/s1. The second-order valence-corrected chi connectivity index (χ2v) is 3.82. The van der Waals surface area contributed by atoms with Gasteiger partial charge in [-0.1, -0.05) is 12.1 Å². The number of carbonyl (C=O) groups excluding carboxylic acids is 1. The van der Waals surface area contributed by atoms with Gasteiger partial charge < -0.3 is 14.6 Å². The molecule has 96 valence electrons. The van der Waals surface area contributed by atoms with Crippen LogP contribution in [0.25, 0.3) is 0 Å². The van der Waals surface area contributed by atoms with Crippen molar-refractivity contribution in [2.24, 2.45) is 0 Å². The summed E-state index contributed by atoms with van der Waals surface area (Å²) in [6, 6.07) is 5.75. The molecule has 1 amide bonds. The van der Waals surface area contributed by atoms with Crippen LogP contribution in [0.3, 0.4) is 0 Å². The number of methoxy groups -OCH3 is 2. The minimum atomic E-state index is -1.10. The number of nitrogens with zero attached hydrogens (tertiary/aromatic N) is 1. The van der Waals surface area contributed by atoms with E-state index in [9.17, 15) is 9.59 Å². The lowest BCUT2D eigenvalue weighted by molar-refractivity contribution is -0.155. The Bertz CT molecular complexity index is 487. The summed E-state index contributed by atoms with van der Waals surface area (Å²) in [6.07, 6.45) is -0.938. The minimum Gasteiger partial charge on any atom is -0.495 e. The highest BCUT2D eigenvalue weighted by Gasteiger charge is 2.53. The maximum atomic E-state index is 11.9. The molecular weight excluding hydrogens is 238 g/mol. The molecule has 0 aliphatic carbocycles. The van der Waals surface area contributed by atoms with Gasteiger partial charge in [0.2, 0.25) is 0 Å². The first-order valence-electron chi connectivity index (χ1n) is 5.33. The first-order valence-corrected chi connectivity index (χ1v) is 5.33. The lowest BCUT2D eigenvalue weighted by Gasteiger charge is -2.43. The second-order valence-electron chi connectivity index (χ2n) is 3.82. The van der Waals surface area contributed by atoms with Crippen molar-refractivity contribution in [3.05, 3.63) is 24.3 Å². The van der Waals surface area contributed by atoms with Gasteiger partial charge in [0.05, 0.1) is 12.8 Å². The maximum absolute atomic E-state index is 11.9. The summed E-state index contributed by atoms with van der Waals surface area (Å²) in [4.78, 5) is 24.2. The number of carbonyl (C=O) groups is 2. The molecular formula is C12H13NO5. The van der Waals surface area contributed by atoms with Gasteiger partial charge in [0.15, 0.2) is 12.1 Å². The summed E-state index contributed by atoms with van der Waals surface area (Å²) in [7, 11) is 2.78. The third-order valence-corrected chi connectivity index (χ3v) is 2.90. The van der Waals surface area contributed by atoms with Gasteiger partial charge in [0, 0.05) is 7.11 Å². The zero-order chi connectivity index (χ0) is 13.3. The quantitative estimate of drug-likeness (QED) is 0.789. The molecule has 0 unspecified atom stereocenters. The molecule has 0 saturated carbocycles. The summed E-state index contributed by atoms with van der Waals surface area (Å²) >= 11 is 0. The molecule has 1 fully saturated rings. The average Bonchev–Trinajstić information content (AvgIpc) is 2.36. The lowest BCUT2D eigenvalue weighted by atomic mass is 9.96. The van der Waals surface area contributed by atoms with Crippen LogP contribution in [0.2, 0.25) is 0 Å². The Morgan fingerprint density at radius 1 is 1.33 bits per heavy atom. The fourth-order valence-corrected chi connectivity index (χ4v) is 2.03. The summed E-state index contributed by atoms with van der Waals surface area (Å²) in [5.41, 5.74) is 0.436. The van der Waals surface area contributed by atoms with Gasteiger partial charge in [-0.15, -0.1) is 0 Å². The molecule has 0 aromatic heterocycles. The number of hydrogen-bond donors (Lipinski definition) is 1. The average molecular weight is 251 g/mol. The van der Waals surface area contributed by atoms with E-state index >= 15 is 0 Å². The zero-order valence-corrected chi connectivity index (χ0v) is 9.99. The molecule has 0 bridgehead atoms. The van der Waals surface area contributed by atoms with Gasteiger partial charge in [-0.25, -0.2) is 4.79 Å². The SMILES string of the molecule is COc1ccccc1N1C(=O)[C@H](OC)[C@H]1C(=O)O. The zero-order valence-electron chi connectivity index (χ0n) is 9.99. The van der Waals surface area contributed by atoms with Crippen molar-refractivity contribution in [3.8, 4) is 5.75 Å². The van der Waals surface area contributed by atoms with Crippen molar-refractivity contribution in [1.29, 1.82) is 0 Å². The van der Waals surface area contributed by atoms with E-state index in [1.165, 1.54) is 19.1 Å². The van der Waals surface area contributed by atoms with E-state index in [4.69, 9.17) is 14.6 Å². The molecule has 1 saturated heterocycles. The van der Waals surface area contributed by atoms with Gasteiger partial charge in [0.25, 0.3) is 5.91 Å². The van der Waals surface area contributed by atoms with Crippen LogP contribution in [0.4, 0.5) is 5.69 Å². The number of β-lactam (4-membered cyclic amide) rings is 1. The Hall–Kier alpha value is -2.08. The van der Waals surface area contributed by atoms with Crippen LogP contribution in [0, 0.1) is 0 Å². The van der Waals surface area contributed by atoms with E-state index in [-0.39, 0.29) is 5.91 Å². The molecule has 6 heteroatoms. The van der Waals surface area contributed by atoms with Crippen LogP contribution in [0.1, 0.15) is 0 Å². The number of carboxylic acid groups (broad SMARTS) is 1. The summed E-state index contributed by atoms with van der Waals surface area (Å²) in [6.45, 7) is 0.